The smallest absolute Gasteiger partial charge is 0.250 e. The van der Waals surface area contributed by atoms with Crippen molar-refractivity contribution in [2.75, 3.05) is 0 Å². The average Bonchev–Trinajstić information content (AvgIpc) is 2.75. The summed E-state index contributed by atoms with van der Waals surface area (Å²) in [4.78, 5) is 15.6. The van der Waals surface area contributed by atoms with Crippen molar-refractivity contribution in [1.29, 1.82) is 0 Å². The van der Waals surface area contributed by atoms with Gasteiger partial charge in [0.25, 0.3) is 5.56 Å². The number of hydrogen-bond acceptors (Lipinski definition) is 3. The molecular weight excluding hydrogens is 204 g/mol. The van der Waals surface area contributed by atoms with Gasteiger partial charge in [0.2, 0.25) is 0 Å². The molecule has 16 heavy (non-hydrogen) atoms. The van der Waals surface area contributed by atoms with Gasteiger partial charge in [0, 0.05) is 37.7 Å². The molecule has 0 spiro atoms. The van der Waals surface area contributed by atoms with Gasteiger partial charge in [0.05, 0.1) is 6.54 Å². The molecule has 0 aromatic carbocycles. The normalized spacial score (nSPS) is 10.6. The third-order valence-electron chi connectivity index (χ3n) is 2.47. The van der Waals surface area contributed by atoms with Gasteiger partial charge in [-0.2, -0.15) is 0 Å². The Kier molecular flexibility index (Phi) is 3.16. The van der Waals surface area contributed by atoms with Gasteiger partial charge in [0.15, 0.2) is 0 Å². The Bertz CT molecular complexity index is 514. The molecular formula is C11H14N4O. The van der Waals surface area contributed by atoms with Crippen LogP contribution < -0.4 is 11.3 Å². The largest absolute Gasteiger partial charge is 0.332 e. The van der Waals surface area contributed by atoms with Gasteiger partial charge >= 0.3 is 0 Å². The maximum absolute atomic E-state index is 11.4. The fourth-order valence-electron chi connectivity index (χ4n) is 1.59. The van der Waals surface area contributed by atoms with E-state index in [0.717, 1.165) is 5.82 Å². The molecule has 84 valence electrons. The molecule has 5 heteroatoms. The van der Waals surface area contributed by atoms with E-state index in [9.17, 15) is 4.79 Å². The summed E-state index contributed by atoms with van der Waals surface area (Å²) in [7, 11) is 0. The zero-order valence-electron chi connectivity index (χ0n) is 8.91. The molecule has 0 atom stereocenters. The van der Waals surface area contributed by atoms with Crippen molar-refractivity contribution in [2.24, 2.45) is 5.73 Å². The monoisotopic (exact) mass is 218 g/mol. The molecule has 0 unspecified atom stereocenters. The number of rotatable bonds is 4. The highest BCUT2D eigenvalue weighted by Crippen LogP contribution is 1.97. The summed E-state index contributed by atoms with van der Waals surface area (Å²) in [5.74, 6) is 0.837. The van der Waals surface area contributed by atoms with Crippen LogP contribution in [0.15, 0.2) is 41.6 Å². The van der Waals surface area contributed by atoms with Crippen LogP contribution in [0.25, 0.3) is 0 Å². The van der Waals surface area contributed by atoms with Crippen LogP contribution >= 0.6 is 0 Å². The predicted octanol–water partition coefficient (Wildman–Crippen LogP) is 0.204. The van der Waals surface area contributed by atoms with Gasteiger partial charge in [-0.25, -0.2) is 4.98 Å². The van der Waals surface area contributed by atoms with E-state index < -0.39 is 0 Å². The Morgan fingerprint density at radius 3 is 2.75 bits per heavy atom. The number of imidazole rings is 1. The third kappa shape index (κ3) is 2.20. The van der Waals surface area contributed by atoms with Gasteiger partial charge in [0.1, 0.15) is 5.82 Å². The van der Waals surface area contributed by atoms with Crippen molar-refractivity contribution >= 4 is 0 Å². The van der Waals surface area contributed by atoms with Crippen molar-refractivity contribution in [2.45, 2.75) is 19.6 Å². The first-order chi connectivity index (χ1) is 7.81. The van der Waals surface area contributed by atoms with E-state index in [2.05, 4.69) is 4.98 Å². The van der Waals surface area contributed by atoms with Crippen molar-refractivity contribution in [3.05, 3.63) is 53.0 Å². The van der Waals surface area contributed by atoms with Crippen LogP contribution in [0.2, 0.25) is 0 Å². The Labute approximate surface area is 93.2 Å². The van der Waals surface area contributed by atoms with Crippen molar-refractivity contribution in [3.63, 3.8) is 0 Å². The highest BCUT2D eigenvalue weighted by Gasteiger charge is 2.00. The van der Waals surface area contributed by atoms with Crippen molar-refractivity contribution in [1.82, 2.24) is 14.1 Å². The highest BCUT2D eigenvalue weighted by molar-refractivity contribution is 4.94. The first-order valence-corrected chi connectivity index (χ1v) is 5.17. The molecule has 2 rings (SSSR count). The molecule has 0 bridgehead atoms. The number of nitrogens with zero attached hydrogens (tertiary/aromatic N) is 3. The van der Waals surface area contributed by atoms with Gasteiger partial charge in [-0.1, -0.05) is 6.07 Å². The lowest BCUT2D eigenvalue weighted by molar-refractivity contribution is 0.548. The lowest BCUT2D eigenvalue weighted by Gasteiger charge is -2.08. The molecule has 0 saturated heterocycles. The molecule has 0 amide bonds. The van der Waals surface area contributed by atoms with Crippen LogP contribution in [0, 0.1) is 0 Å². The number of aryl methyl sites for hydroxylation is 2. The van der Waals surface area contributed by atoms with Gasteiger partial charge < -0.3 is 14.9 Å². The van der Waals surface area contributed by atoms with E-state index in [1.54, 1.807) is 29.1 Å². The fraction of sp³-hybridized carbons (Fsp3) is 0.273. The zero-order chi connectivity index (χ0) is 11.4. The maximum atomic E-state index is 11.4. The lowest BCUT2D eigenvalue weighted by Crippen LogP contribution is -2.21. The molecule has 2 aromatic heterocycles. The number of aromatic nitrogens is 3. The quantitative estimate of drug-likeness (QED) is 0.797. The SMILES string of the molecule is NCc1nccn1CCn1ccccc1=O. The lowest BCUT2D eigenvalue weighted by atomic mass is 10.4. The number of nitrogens with two attached hydrogens (primary N) is 1. The molecule has 0 aliphatic rings. The van der Waals surface area contributed by atoms with E-state index in [1.807, 2.05) is 16.8 Å². The molecule has 0 saturated carbocycles. The Morgan fingerprint density at radius 2 is 2.00 bits per heavy atom. The average molecular weight is 218 g/mol. The highest BCUT2D eigenvalue weighted by atomic mass is 16.1. The van der Waals surface area contributed by atoms with E-state index in [4.69, 9.17) is 5.73 Å². The minimum absolute atomic E-state index is 0.0110. The second-order valence-electron chi connectivity index (χ2n) is 3.47. The second kappa shape index (κ2) is 4.76. The summed E-state index contributed by atoms with van der Waals surface area (Å²) >= 11 is 0. The molecule has 2 N–H and O–H groups in total. The van der Waals surface area contributed by atoms with Crippen LogP contribution in [0.4, 0.5) is 0 Å². The minimum atomic E-state index is 0.0110. The zero-order valence-corrected chi connectivity index (χ0v) is 8.91. The minimum Gasteiger partial charge on any atom is -0.332 e. The fourth-order valence-corrected chi connectivity index (χ4v) is 1.59. The first-order valence-electron chi connectivity index (χ1n) is 5.17. The van der Waals surface area contributed by atoms with E-state index >= 15 is 0 Å². The Morgan fingerprint density at radius 1 is 1.19 bits per heavy atom. The van der Waals surface area contributed by atoms with Crippen LogP contribution in [-0.4, -0.2) is 14.1 Å². The van der Waals surface area contributed by atoms with Crippen LogP contribution in [0.1, 0.15) is 5.82 Å². The van der Waals surface area contributed by atoms with E-state index in [-0.39, 0.29) is 5.56 Å². The summed E-state index contributed by atoms with van der Waals surface area (Å²) in [6.07, 6.45) is 5.37. The maximum Gasteiger partial charge on any atom is 0.250 e. The molecule has 0 fully saturated rings. The number of pyridine rings is 1. The predicted molar refractivity (Wildman–Crippen MR) is 60.8 cm³/mol. The summed E-state index contributed by atoms with van der Waals surface area (Å²) in [6.45, 7) is 1.75. The molecule has 2 aromatic rings. The Balaban J connectivity index is 2.08. The summed E-state index contributed by atoms with van der Waals surface area (Å²) in [5, 5.41) is 0. The van der Waals surface area contributed by atoms with Crippen molar-refractivity contribution < 1.29 is 0 Å². The van der Waals surface area contributed by atoms with Crippen LogP contribution in [0.5, 0.6) is 0 Å². The van der Waals surface area contributed by atoms with Gasteiger partial charge in [-0.05, 0) is 6.07 Å². The van der Waals surface area contributed by atoms with E-state index in [0.29, 0.717) is 19.6 Å². The van der Waals surface area contributed by atoms with E-state index in [1.165, 1.54) is 0 Å². The van der Waals surface area contributed by atoms with Crippen LogP contribution in [-0.2, 0) is 19.6 Å². The molecule has 2 heterocycles. The topological polar surface area (TPSA) is 65.8 Å². The standard InChI is InChI=1S/C11H14N4O/c12-9-10-13-4-6-14(10)7-8-15-5-2-1-3-11(15)16/h1-6H,7-9,12H2. The first kappa shape index (κ1) is 10.6. The molecule has 5 nitrogen and oxygen atoms in total. The summed E-state index contributed by atoms with van der Waals surface area (Å²) < 4.78 is 3.62. The molecule has 0 aliphatic heterocycles. The number of hydrogen-bond donors (Lipinski definition) is 1. The Hall–Kier alpha value is -1.88. The second-order valence-corrected chi connectivity index (χ2v) is 3.47. The van der Waals surface area contributed by atoms with Gasteiger partial charge in [-0.3, -0.25) is 4.79 Å². The van der Waals surface area contributed by atoms with Crippen LogP contribution in [0.3, 0.4) is 0 Å². The third-order valence-corrected chi connectivity index (χ3v) is 2.47. The molecule has 0 radical (unpaired) electrons. The summed E-state index contributed by atoms with van der Waals surface area (Å²) in [6, 6.07) is 5.14. The van der Waals surface area contributed by atoms with Gasteiger partial charge in [-0.15, -0.1) is 0 Å². The molecule has 0 aliphatic carbocycles. The summed E-state index contributed by atoms with van der Waals surface area (Å²) in [5.41, 5.74) is 5.55. The van der Waals surface area contributed by atoms with Crippen molar-refractivity contribution in [3.8, 4) is 0 Å².